The average molecular weight is 493 g/mol. The van der Waals surface area contributed by atoms with Gasteiger partial charge in [-0.05, 0) is 42.5 Å². The van der Waals surface area contributed by atoms with Crippen LogP contribution < -0.4 is 32.0 Å². The minimum atomic E-state index is -0.556. The zero-order chi connectivity index (χ0) is 18.7. The number of nitrogens with zero attached hydrogens (tertiary/aromatic N) is 1. The van der Waals surface area contributed by atoms with E-state index in [1.54, 1.807) is 17.5 Å². The molecule has 0 bridgehead atoms. The van der Waals surface area contributed by atoms with Gasteiger partial charge in [-0.2, -0.15) is 0 Å². The van der Waals surface area contributed by atoms with Crippen LogP contribution in [-0.2, 0) is 4.79 Å². The molecular formula is C17H11BrCl2FN2O3S-. The highest BCUT2D eigenvalue weighted by molar-refractivity contribution is 7.07. The SMILES string of the molecule is O=C(COc1ccc(Cl)cc1Cl)Nn1c(-c2ccc(F)cc2)csc1=O.[Br-]. The highest BCUT2D eigenvalue weighted by Gasteiger charge is 2.13. The molecule has 0 radical (unpaired) electrons. The van der Waals surface area contributed by atoms with Crippen LogP contribution in [0.4, 0.5) is 4.39 Å². The molecule has 0 atom stereocenters. The summed E-state index contributed by atoms with van der Waals surface area (Å²) in [5.74, 6) is -0.655. The molecule has 0 fully saturated rings. The number of hydrogen-bond acceptors (Lipinski definition) is 4. The predicted octanol–water partition coefficient (Wildman–Crippen LogP) is 1.18. The Labute approximate surface area is 178 Å². The number of hydrogen-bond donors (Lipinski definition) is 1. The zero-order valence-corrected chi connectivity index (χ0v) is 17.3. The van der Waals surface area contributed by atoms with Crippen LogP contribution in [0.15, 0.2) is 52.6 Å². The predicted molar refractivity (Wildman–Crippen MR) is 100 cm³/mol. The molecule has 3 aromatic rings. The molecular weight excluding hydrogens is 482 g/mol. The third kappa shape index (κ3) is 5.32. The maximum atomic E-state index is 13.1. The summed E-state index contributed by atoms with van der Waals surface area (Å²) in [5.41, 5.74) is 3.49. The third-order valence-corrected chi connectivity index (χ3v) is 4.58. The van der Waals surface area contributed by atoms with Crippen molar-refractivity contribution in [2.75, 3.05) is 12.0 Å². The molecule has 2 aromatic carbocycles. The van der Waals surface area contributed by atoms with Crippen LogP contribution in [0.25, 0.3) is 11.3 Å². The van der Waals surface area contributed by atoms with E-state index in [0.717, 1.165) is 16.0 Å². The maximum absolute atomic E-state index is 13.1. The highest BCUT2D eigenvalue weighted by Crippen LogP contribution is 2.27. The van der Waals surface area contributed by atoms with E-state index in [1.807, 2.05) is 0 Å². The first-order chi connectivity index (χ1) is 12.4. The van der Waals surface area contributed by atoms with E-state index in [4.69, 9.17) is 27.9 Å². The molecule has 0 unspecified atom stereocenters. The molecule has 1 amide bonds. The molecule has 0 aliphatic carbocycles. The quantitative estimate of drug-likeness (QED) is 0.581. The van der Waals surface area contributed by atoms with Crippen molar-refractivity contribution < 1.29 is 30.9 Å². The molecule has 1 heterocycles. The maximum Gasteiger partial charge on any atom is 0.326 e. The fourth-order valence-electron chi connectivity index (χ4n) is 2.13. The number of nitrogens with one attached hydrogen (secondary N) is 1. The Morgan fingerprint density at radius 2 is 1.89 bits per heavy atom. The van der Waals surface area contributed by atoms with Gasteiger partial charge in [0.25, 0.3) is 5.91 Å². The number of halogens is 4. The second-order valence-corrected chi connectivity index (χ2v) is 6.79. The summed E-state index contributed by atoms with van der Waals surface area (Å²) in [6, 6.07) is 10.2. The van der Waals surface area contributed by atoms with E-state index in [-0.39, 0.29) is 33.5 Å². The highest BCUT2D eigenvalue weighted by atomic mass is 79.9. The lowest BCUT2D eigenvalue weighted by Gasteiger charge is -2.11. The van der Waals surface area contributed by atoms with Gasteiger partial charge in [0.1, 0.15) is 11.6 Å². The number of ether oxygens (including phenoxy) is 1. The fraction of sp³-hybridized carbons (Fsp3) is 0.0588. The van der Waals surface area contributed by atoms with Crippen molar-refractivity contribution in [1.29, 1.82) is 0 Å². The Balaban J connectivity index is 0.00000261. The van der Waals surface area contributed by atoms with Crippen LogP contribution in [0, 0.1) is 5.82 Å². The Morgan fingerprint density at radius 3 is 2.56 bits per heavy atom. The lowest BCUT2D eigenvalue weighted by Crippen LogP contribution is -3.00. The van der Waals surface area contributed by atoms with E-state index in [2.05, 4.69) is 5.43 Å². The van der Waals surface area contributed by atoms with Crippen LogP contribution >= 0.6 is 34.5 Å². The van der Waals surface area contributed by atoms with Crippen LogP contribution in [0.2, 0.25) is 10.0 Å². The Hall–Kier alpha value is -1.87. The van der Waals surface area contributed by atoms with Gasteiger partial charge in [-0.3, -0.25) is 15.0 Å². The lowest BCUT2D eigenvalue weighted by atomic mass is 10.2. The van der Waals surface area contributed by atoms with Gasteiger partial charge in [0.15, 0.2) is 6.61 Å². The van der Waals surface area contributed by atoms with Gasteiger partial charge < -0.3 is 21.7 Å². The van der Waals surface area contributed by atoms with Crippen molar-refractivity contribution in [3.8, 4) is 17.0 Å². The standard InChI is InChI=1S/C17H11Cl2FN2O3S.BrH/c18-11-3-6-15(13(19)7-11)25-8-16(23)21-22-14(9-26-17(22)24)10-1-4-12(20)5-2-10;/h1-7,9H,8H2,(H,21,23);1H/p-1. The van der Waals surface area contributed by atoms with E-state index in [1.165, 1.54) is 30.3 Å². The number of carbonyl (C=O) groups is 1. The third-order valence-electron chi connectivity index (χ3n) is 3.32. The molecule has 0 saturated heterocycles. The van der Waals surface area contributed by atoms with Crippen molar-refractivity contribution >= 4 is 40.4 Å². The van der Waals surface area contributed by atoms with Gasteiger partial charge in [-0.15, -0.1) is 0 Å². The van der Waals surface area contributed by atoms with Gasteiger partial charge in [-0.25, -0.2) is 9.07 Å². The topological polar surface area (TPSA) is 60.3 Å². The summed E-state index contributed by atoms with van der Waals surface area (Å²) in [6.45, 7) is -0.355. The van der Waals surface area contributed by atoms with E-state index in [0.29, 0.717) is 22.0 Å². The Morgan fingerprint density at radius 1 is 1.19 bits per heavy atom. The molecule has 10 heteroatoms. The molecule has 3 rings (SSSR count). The summed E-state index contributed by atoms with van der Waals surface area (Å²) in [5, 5.41) is 2.29. The minimum absolute atomic E-state index is 0. The monoisotopic (exact) mass is 491 g/mol. The minimum Gasteiger partial charge on any atom is -1.00 e. The van der Waals surface area contributed by atoms with Crippen molar-refractivity contribution in [1.82, 2.24) is 4.68 Å². The summed E-state index contributed by atoms with van der Waals surface area (Å²) < 4.78 is 19.5. The van der Waals surface area contributed by atoms with Gasteiger partial charge in [-0.1, -0.05) is 34.5 Å². The number of thiazole rings is 1. The van der Waals surface area contributed by atoms with Gasteiger partial charge in [0.2, 0.25) is 0 Å². The van der Waals surface area contributed by atoms with Gasteiger partial charge in [0.05, 0.1) is 10.7 Å². The summed E-state index contributed by atoms with van der Waals surface area (Å²) in [6.07, 6.45) is 0. The van der Waals surface area contributed by atoms with Gasteiger partial charge in [0, 0.05) is 16.0 Å². The van der Waals surface area contributed by atoms with E-state index in [9.17, 15) is 14.0 Å². The number of carbonyl (C=O) groups excluding carboxylic acids is 1. The molecule has 0 aliphatic rings. The summed E-state index contributed by atoms with van der Waals surface area (Å²) in [4.78, 5) is 23.7. The summed E-state index contributed by atoms with van der Waals surface area (Å²) in [7, 11) is 0. The van der Waals surface area contributed by atoms with Crippen molar-refractivity contribution in [3.05, 3.63) is 73.4 Å². The summed E-state index contributed by atoms with van der Waals surface area (Å²) >= 11 is 12.7. The second-order valence-electron chi connectivity index (χ2n) is 5.13. The second kappa shape index (κ2) is 9.36. The largest absolute Gasteiger partial charge is 1.00 e. The molecule has 27 heavy (non-hydrogen) atoms. The van der Waals surface area contributed by atoms with Crippen molar-refractivity contribution in [2.24, 2.45) is 0 Å². The van der Waals surface area contributed by atoms with Crippen LogP contribution in [0.3, 0.4) is 0 Å². The zero-order valence-electron chi connectivity index (χ0n) is 13.4. The molecule has 5 nitrogen and oxygen atoms in total. The first-order valence-electron chi connectivity index (χ1n) is 7.28. The fourth-order valence-corrected chi connectivity index (χ4v) is 3.29. The molecule has 0 saturated carbocycles. The first kappa shape index (κ1) is 21.4. The molecule has 0 aliphatic heterocycles. The molecule has 142 valence electrons. The Kier molecular flexibility index (Phi) is 7.43. The smallest absolute Gasteiger partial charge is 0.326 e. The van der Waals surface area contributed by atoms with Crippen molar-refractivity contribution in [3.63, 3.8) is 0 Å². The van der Waals surface area contributed by atoms with Crippen molar-refractivity contribution in [2.45, 2.75) is 0 Å². The number of aromatic nitrogens is 1. The normalized spacial score (nSPS) is 10.2. The number of rotatable bonds is 5. The molecule has 0 spiro atoms. The Bertz CT molecular complexity index is 1010. The lowest BCUT2D eigenvalue weighted by molar-refractivity contribution is -0.119. The van der Waals surface area contributed by atoms with Crippen LogP contribution in [0.1, 0.15) is 0 Å². The number of amides is 1. The molecule has 1 N–H and O–H groups in total. The van der Waals surface area contributed by atoms with Crippen LogP contribution in [-0.4, -0.2) is 17.2 Å². The van der Waals surface area contributed by atoms with E-state index < -0.39 is 11.7 Å². The molecule has 1 aromatic heterocycles. The average Bonchev–Trinajstić information content (AvgIpc) is 2.95. The van der Waals surface area contributed by atoms with Crippen LogP contribution in [0.5, 0.6) is 5.75 Å². The van der Waals surface area contributed by atoms with Gasteiger partial charge >= 0.3 is 4.87 Å². The number of benzene rings is 2. The first-order valence-corrected chi connectivity index (χ1v) is 8.92. The van der Waals surface area contributed by atoms with E-state index >= 15 is 0 Å².